The van der Waals surface area contributed by atoms with E-state index in [1.165, 1.54) is 0 Å². The predicted octanol–water partition coefficient (Wildman–Crippen LogP) is -0.107. The van der Waals surface area contributed by atoms with Crippen molar-refractivity contribution in [2.24, 2.45) is 58.1 Å². The summed E-state index contributed by atoms with van der Waals surface area (Å²) in [6.07, 6.45) is 6.19. The summed E-state index contributed by atoms with van der Waals surface area (Å²) in [5, 5.41) is 19.5. The van der Waals surface area contributed by atoms with Crippen LogP contribution in [0.3, 0.4) is 0 Å². The summed E-state index contributed by atoms with van der Waals surface area (Å²) in [7, 11) is 0. The molecule has 0 aliphatic heterocycles. The Bertz CT molecular complexity index is 1550. The molecule has 0 heterocycles. The van der Waals surface area contributed by atoms with Gasteiger partial charge < -0.3 is 71.6 Å². The molecular weight excluding hydrogens is 887 g/mol. The molecule has 69 heavy (non-hydrogen) atoms. The Labute approximate surface area is 412 Å². The molecule has 0 aromatic heterocycles. The fraction of sp³-hybridized carbons (Fsp3) is 0.833. The van der Waals surface area contributed by atoms with E-state index >= 15 is 0 Å². The highest BCUT2D eigenvalue weighted by Gasteiger charge is 2.35. The topological polar surface area (TPSA) is 377 Å². The third-order valence-corrected chi connectivity index (χ3v) is 11.4. The van der Waals surface area contributed by atoms with E-state index in [9.17, 15) is 38.4 Å². The van der Waals surface area contributed by atoms with E-state index < -0.39 is 95.6 Å². The zero-order chi connectivity index (χ0) is 52.6. The number of rotatable bonds is 39. The molecular formula is C48H95N13O8. The van der Waals surface area contributed by atoms with Crippen molar-refractivity contribution in [1.29, 1.82) is 0 Å². The van der Waals surface area contributed by atoms with Crippen LogP contribution < -0.4 is 71.6 Å². The van der Waals surface area contributed by atoms with Gasteiger partial charge >= 0.3 is 0 Å². The molecule has 8 atom stereocenters. The number of carbonyl (C=O) groups excluding carboxylic acids is 8. The normalized spacial score (nSPS) is 15.0. The van der Waals surface area contributed by atoms with Crippen molar-refractivity contribution in [3.63, 3.8) is 0 Å². The largest absolute Gasteiger partial charge is 0.368 e. The molecule has 0 bridgehead atoms. The van der Waals surface area contributed by atoms with Crippen LogP contribution in [-0.4, -0.2) is 122 Å². The maximum Gasteiger partial charge on any atom is 0.243 e. The maximum absolute atomic E-state index is 14.3. The zero-order valence-corrected chi connectivity index (χ0v) is 43.3. The van der Waals surface area contributed by atoms with Crippen molar-refractivity contribution in [3.05, 3.63) is 0 Å². The number of amides is 8. The van der Waals surface area contributed by atoms with Gasteiger partial charge in [0.1, 0.15) is 42.3 Å². The third-order valence-electron chi connectivity index (χ3n) is 11.4. The van der Waals surface area contributed by atoms with E-state index in [-0.39, 0.29) is 68.6 Å². The molecule has 0 saturated carbocycles. The van der Waals surface area contributed by atoms with E-state index in [0.29, 0.717) is 84.0 Å². The second kappa shape index (κ2) is 36.5. The molecule has 0 aliphatic carbocycles. The first-order chi connectivity index (χ1) is 32.5. The average Bonchev–Trinajstić information content (AvgIpc) is 3.26. The lowest BCUT2D eigenvalue weighted by atomic mass is 9.99. The molecule has 0 aromatic rings. The Balaban J connectivity index is 6.63. The van der Waals surface area contributed by atoms with Gasteiger partial charge in [-0.15, -0.1) is 0 Å². The Kier molecular flexibility index (Phi) is 34.1. The Morgan fingerprint density at radius 1 is 0.319 bits per heavy atom. The van der Waals surface area contributed by atoms with E-state index in [0.717, 1.165) is 0 Å². The third kappa shape index (κ3) is 28.7. The monoisotopic (exact) mass is 982 g/mol. The van der Waals surface area contributed by atoms with Gasteiger partial charge in [0, 0.05) is 0 Å². The lowest BCUT2D eigenvalue weighted by Gasteiger charge is -2.29. The molecule has 400 valence electrons. The Hall–Kier alpha value is -4.44. The van der Waals surface area contributed by atoms with Gasteiger partial charge in [0.2, 0.25) is 47.3 Å². The molecule has 19 N–H and O–H groups in total. The molecule has 0 fully saturated rings. The number of hydrogen-bond donors (Lipinski definition) is 13. The van der Waals surface area contributed by atoms with Crippen molar-refractivity contribution < 1.29 is 38.4 Å². The first kappa shape index (κ1) is 64.6. The van der Waals surface area contributed by atoms with Crippen LogP contribution in [0, 0.1) is 23.7 Å². The predicted molar refractivity (Wildman–Crippen MR) is 270 cm³/mol. The number of hydrogen-bond acceptors (Lipinski definition) is 13. The highest BCUT2D eigenvalue weighted by molar-refractivity contribution is 5.97. The van der Waals surface area contributed by atoms with E-state index in [2.05, 4.69) is 37.2 Å². The molecule has 0 aromatic carbocycles. The van der Waals surface area contributed by atoms with Crippen LogP contribution in [0.2, 0.25) is 0 Å². The minimum absolute atomic E-state index is 0.0497. The van der Waals surface area contributed by atoms with Gasteiger partial charge in [0.05, 0.1) is 6.04 Å². The molecule has 21 heteroatoms. The summed E-state index contributed by atoms with van der Waals surface area (Å²) in [5.74, 6) is -5.05. The highest BCUT2D eigenvalue weighted by Crippen LogP contribution is 2.14. The van der Waals surface area contributed by atoms with Crippen molar-refractivity contribution in [1.82, 2.24) is 37.2 Å². The molecule has 8 amide bonds. The maximum atomic E-state index is 14.3. The van der Waals surface area contributed by atoms with Gasteiger partial charge in [0.25, 0.3) is 0 Å². The van der Waals surface area contributed by atoms with Crippen LogP contribution in [0.5, 0.6) is 0 Å². The van der Waals surface area contributed by atoms with Gasteiger partial charge in [0.15, 0.2) is 0 Å². The molecule has 0 unspecified atom stereocenters. The van der Waals surface area contributed by atoms with E-state index in [4.69, 9.17) is 34.4 Å². The summed E-state index contributed by atoms with van der Waals surface area (Å²) < 4.78 is 0. The summed E-state index contributed by atoms with van der Waals surface area (Å²) in [4.78, 5) is 109. The minimum Gasteiger partial charge on any atom is -0.368 e. The lowest BCUT2D eigenvalue weighted by molar-refractivity contribution is -0.136. The quantitative estimate of drug-likeness (QED) is 0.0358. The fourth-order valence-electron chi connectivity index (χ4n) is 7.70. The number of nitrogens with one attached hydrogen (secondary N) is 7. The standard InChI is InChI=1S/C48H95N13O8/c1-29(2)25-33(53)42(63)56-35(18-10-14-22-50)43(64)60-39(27-31(5)6)47(68)58-37(20-12-16-24-52)45(66)61-40(28-32(7)8)48(69)57-36(19-11-15-23-51)44(65)59-38(26-30(3)4)46(67)55-34(41(54)62)17-9-13-21-49/h29-40H,9-28,49-53H2,1-8H3,(H2,54,62)(H,55,67)(H,56,63)(H,57,69)(H,58,68)(H,59,65)(H,60,64)(H,61,66)/t33-,34-,35-,36-,37-,38-,39-,40-/m1/s1. The van der Waals surface area contributed by atoms with E-state index in [1.807, 2.05) is 55.4 Å². The van der Waals surface area contributed by atoms with Gasteiger partial charge in [-0.1, -0.05) is 55.4 Å². The SMILES string of the molecule is CC(C)C[C@@H](N)C(=O)N[C@H](CCCCN)C(=O)N[C@H](CC(C)C)C(=O)N[C@H](CCCCN)C(=O)N[C@H](CC(C)C)C(=O)N[C@H](CCCCN)C(=O)N[C@H](CC(C)C)C(=O)N[C@H](CCCCN)C(N)=O. The zero-order valence-electron chi connectivity index (χ0n) is 43.3. The molecule has 0 rings (SSSR count). The van der Waals surface area contributed by atoms with Crippen LogP contribution in [0.25, 0.3) is 0 Å². The highest BCUT2D eigenvalue weighted by atomic mass is 16.2. The van der Waals surface area contributed by atoms with Crippen molar-refractivity contribution in [2.45, 2.75) is 206 Å². The smallest absolute Gasteiger partial charge is 0.243 e. The number of carbonyl (C=O) groups is 8. The van der Waals surface area contributed by atoms with Gasteiger partial charge in [-0.05, 0) is 153 Å². The molecule has 0 spiro atoms. The lowest BCUT2D eigenvalue weighted by Crippen LogP contribution is -2.60. The first-order valence-electron chi connectivity index (χ1n) is 25.5. The summed E-state index contributed by atoms with van der Waals surface area (Å²) in [6, 6.07) is -8.39. The van der Waals surface area contributed by atoms with Gasteiger partial charge in [-0.3, -0.25) is 38.4 Å². The van der Waals surface area contributed by atoms with Crippen LogP contribution >= 0.6 is 0 Å². The average molecular weight is 982 g/mol. The van der Waals surface area contributed by atoms with Crippen molar-refractivity contribution >= 4 is 47.3 Å². The van der Waals surface area contributed by atoms with Crippen molar-refractivity contribution in [3.8, 4) is 0 Å². The Morgan fingerprint density at radius 3 is 0.783 bits per heavy atom. The number of nitrogens with two attached hydrogens (primary N) is 6. The fourth-order valence-corrected chi connectivity index (χ4v) is 7.70. The number of unbranched alkanes of at least 4 members (excludes halogenated alkanes) is 4. The van der Waals surface area contributed by atoms with Gasteiger partial charge in [-0.2, -0.15) is 0 Å². The molecule has 21 nitrogen and oxygen atoms in total. The van der Waals surface area contributed by atoms with Crippen LogP contribution in [0.15, 0.2) is 0 Å². The van der Waals surface area contributed by atoms with Crippen molar-refractivity contribution in [2.75, 3.05) is 26.2 Å². The van der Waals surface area contributed by atoms with Crippen LogP contribution in [-0.2, 0) is 38.4 Å². The summed E-state index contributed by atoms with van der Waals surface area (Å²) >= 11 is 0. The minimum atomic E-state index is -1.15. The van der Waals surface area contributed by atoms with Crippen LogP contribution in [0.4, 0.5) is 0 Å². The van der Waals surface area contributed by atoms with E-state index in [1.54, 1.807) is 0 Å². The van der Waals surface area contributed by atoms with Crippen LogP contribution in [0.1, 0.15) is 158 Å². The summed E-state index contributed by atoms with van der Waals surface area (Å²) in [5.41, 5.74) is 34.6. The Morgan fingerprint density at radius 2 is 0.536 bits per heavy atom. The molecule has 0 radical (unpaired) electrons. The summed E-state index contributed by atoms with van der Waals surface area (Å²) in [6.45, 7) is 16.6. The second-order valence-electron chi connectivity index (χ2n) is 20.1. The van der Waals surface area contributed by atoms with Gasteiger partial charge in [-0.25, -0.2) is 0 Å². The molecule has 0 aliphatic rings. The second-order valence-corrected chi connectivity index (χ2v) is 20.1. The molecule has 0 saturated heterocycles. The number of primary amides is 1. The first-order valence-corrected chi connectivity index (χ1v) is 25.5.